The average molecular weight is 362 g/mol. The fraction of sp³-hybridized carbons (Fsp3) is 0.294. The number of thiophene rings is 1. The molecule has 0 atom stereocenters. The second kappa shape index (κ2) is 7.83. The van der Waals surface area contributed by atoms with Crippen molar-refractivity contribution in [1.82, 2.24) is 9.55 Å². The summed E-state index contributed by atoms with van der Waals surface area (Å²) in [6.07, 6.45) is 0. The highest BCUT2D eigenvalue weighted by molar-refractivity contribution is 7.98. The molecule has 0 amide bonds. The number of hydrogen-bond acceptors (Lipinski definition) is 6. The molecule has 0 saturated carbocycles. The van der Waals surface area contributed by atoms with Gasteiger partial charge in [-0.05, 0) is 29.1 Å². The molecule has 24 heavy (non-hydrogen) atoms. The van der Waals surface area contributed by atoms with Gasteiger partial charge in [-0.3, -0.25) is 9.36 Å². The maximum Gasteiger partial charge on any atom is 0.272 e. The molecule has 0 bridgehead atoms. The van der Waals surface area contributed by atoms with Crippen molar-refractivity contribution in [3.8, 4) is 5.75 Å². The molecule has 126 valence electrons. The van der Waals surface area contributed by atoms with Crippen molar-refractivity contribution in [3.05, 3.63) is 51.6 Å². The molecule has 7 heteroatoms. The number of nitrogens with zero attached hydrogens (tertiary/aromatic N) is 2. The van der Waals surface area contributed by atoms with E-state index in [1.807, 2.05) is 35.7 Å². The van der Waals surface area contributed by atoms with Crippen LogP contribution in [0.1, 0.15) is 5.56 Å². The molecule has 5 nitrogen and oxygen atoms in total. The van der Waals surface area contributed by atoms with Gasteiger partial charge in [-0.15, -0.1) is 11.3 Å². The van der Waals surface area contributed by atoms with Gasteiger partial charge >= 0.3 is 0 Å². The van der Waals surface area contributed by atoms with E-state index < -0.39 is 0 Å². The summed E-state index contributed by atoms with van der Waals surface area (Å²) >= 11 is 2.99. The molecule has 0 aliphatic carbocycles. The second-order valence-corrected chi connectivity index (χ2v) is 6.97. The number of thioether (sulfide) groups is 1. The number of fused-ring (bicyclic) bond motifs is 1. The summed E-state index contributed by atoms with van der Waals surface area (Å²) in [6, 6.07) is 9.80. The standard InChI is InChI=1S/C17H18N2O3S2/c1-21-9-8-19-16(20)15-14(7-10-23-15)18-17(19)24-11-12-3-5-13(22-2)6-4-12/h3-7,10H,8-9,11H2,1-2H3. The van der Waals surface area contributed by atoms with Crippen LogP contribution >= 0.6 is 23.1 Å². The van der Waals surface area contributed by atoms with E-state index in [0.717, 1.165) is 27.7 Å². The number of aromatic nitrogens is 2. The van der Waals surface area contributed by atoms with E-state index in [9.17, 15) is 4.79 Å². The molecule has 0 saturated heterocycles. The van der Waals surface area contributed by atoms with Gasteiger partial charge in [-0.1, -0.05) is 23.9 Å². The monoisotopic (exact) mass is 362 g/mol. The van der Waals surface area contributed by atoms with Crippen molar-refractivity contribution >= 4 is 33.3 Å². The number of rotatable bonds is 7. The van der Waals surface area contributed by atoms with Gasteiger partial charge < -0.3 is 9.47 Å². The number of benzene rings is 1. The van der Waals surface area contributed by atoms with Crippen LogP contribution in [-0.2, 0) is 17.0 Å². The van der Waals surface area contributed by atoms with Crippen LogP contribution < -0.4 is 10.3 Å². The zero-order valence-corrected chi connectivity index (χ0v) is 15.2. The highest BCUT2D eigenvalue weighted by Gasteiger charge is 2.12. The zero-order valence-electron chi connectivity index (χ0n) is 13.5. The highest BCUT2D eigenvalue weighted by Crippen LogP contribution is 2.24. The lowest BCUT2D eigenvalue weighted by Gasteiger charge is -2.11. The Morgan fingerprint density at radius 2 is 2.00 bits per heavy atom. The first-order valence-electron chi connectivity index (χ1n) is 7.45. The van der Waals surface area contributed by atoms with Gasteiger partial charge in [0, 0.05) is 12.9 Å². The van der Waals surface area contributed by atoms with Crippen LogP contribution in [0.15, 0.2) is 45.7 Å². The van der Waals surface area contributed by atoms with Crippen molar-refractivity contribution < 1.29 is 9.47 Å². The summed E-state index contributed by atoms with van der Waals surface area (Å²) in [5.41, 5.74) is 1.92. The minimum atomic E-state index is 0.00396. The number of ether oxygens (including phenoxy) is 2. The molecule has 0 fully saturated rings. The Balaban J connectivity index is 1.87. The molecule has 0 unspecified atom stereocenters. The fourth-order valence-corrected chi connectivity index (χ4v) is 4.04. The first kappa shape index (κ1) is 17.0. The SMILES string of the molecule is COCCn1c(SCc2ccc(OC)cc2)nc2ccsc2c1=O. The van der Waals surface area contributed by atoms with Crippen molar-refractivity contribution in [2.45, 2.75) is 17.5 Å². The van der Waals surface area contributed by atoms with Crippen molar-refractivity contribution in [3.63, 3.8) is 0 Å². The molecular formula is C17H18N2O3S2. The third kappa shape index (κ3) is 3.63. The van der Waals surface area contributed by atoms with E-state index in [4.69, 9.17) is 9.47 Å². The summed E-state index contributed by atoms with van der Waals surface area (Å²) in [4.78, 5) is 17.3. The van der Waals surface area contributed by atoms with Gasteiger partial charge in [0.15, 0.2) is 5.16 Å². The average Bonchev–Trinajstić information content (AvgIpc) is 3.08. The molecule has 0 aliphatic rings. The fourth-order valence-electron chi connectivity index (χ4n) is 2.28. The quantitative estimate of drug-likeness (QED) is 0.476. The summed E-state index contributed by atoms with van der Waals surface area (Å²) in [6.45, 7) is 0.982. The van der Waals surface area contributed by atoms with Crippen LogP contribution in [0.2, 0.25) is 0 Å². The molecule has 3 rings (SSSR count). The van der Waals surface area contributed by atoms with E-state index >= 15 is 0 Å². The molecule has 2 heterocycles. The summed E-state index contributed by atoms with van der Waals surface area (Å²) in [5, 5.41) is 2.62. The normalized spacial score (nSPS) is 11.1. The smallest absolute Gasteiger partial charge is 0.272 e. The van der Waals surface area contributed by atoms with E-state index in [1.165, 1.54) is 11.3 Å². The number of hydrogen-bond donors (Lipinski definition) is 0. The van der Waals surface area contributed by atoms with Gasteiger partial charge in [0.2, 0.25) is 0 Å². The van der Waals surface area contributed by atoms with Crippen molar-refractivity contribution in [1.29, 1.82) is 0 Å². The maximum atomic E-state index is 12.7. The van der Waals surface area contributed by atoms with Crippen LogP contribution in [-0.4, -0.2) is 30.4 Å². The Kier molecular flexibility index (Phi) is 5.55. The predicted octanol–water partition coefficient (Wildman–Crippen LogP) is 3.41. The Hall–Kier alpha value is -1.83. The third-order valence-electron chi connectivity index (χ3n) is 3.58. The highest BCUT2D eigenvalue weighted by atomic mass is 32.2. The molecule has 0 radical (unpaired) electrons. The van der Waals surface area contributed by atoms with Gasteiger partial charge in [-0.25, -0.2) is 4.98 Å². The third-order valence-corrected chi connectivity index (χ3v) is 5.52. The lowest BCUT2D eigenvalue weighted by molar-refractivity contribution is 0.183. The largest absolute Gasteiger partial charge is 0.497 e. The molecule has 0 aliphatic heterocycles. The van der Waals surface area contributed by atoms with Gasteiger partial charge in [0.05, 0.1) is 25.8 Å². The van der Waals surface area contributed by atoms with Crippen LogP contribution in [0, 0.1) is 0 Å². The Labute approximate surface area is 148 Å². The predicted molar refractivity (Wildman–Crippen MR) is 98.3 cm³/mol. The summed E-state index contributed by atoms with van der Waals surface area (Å²) < 4.78 is 12.7. The lowest BCUT2D eigenvalue weighted by Crippen LogP contribution is -2.24. The molecule has 0 spiro atoms. The molecular weight excluding hydrogens is 344 g/mol. The van der Waals surface area contributed by atoms with Gasteiger partial charge in [0.25, 0.3) is 5.56 Å². The second-order valence-electron chi connectivity index (χ2n) is 5.12. The Bertz CT molecular complexity index is 872. The van der Waals surface area contributed by atoms with E-state index in [2.05, 4.69) is 4.98 Å². The van der Waals surface area contributed by atoms with E-state index in [0.29, 0.717) is 17.9 Å². The van der Waals surface area contributed by atoms with E-state index in [1.54, 1.807) is 30.5 Å². The Morgan fingerprint density at radius 1 is 1.21 bits per heavy atom. The molecule has 1 aromatic carbocycles. The van der Waals surface area contributed by atoms with E-state index in [-0.39, 0.29) is 5.56 Å². The van der Waals surface area contributed by atoms with Gasteiger partial charge in [-0.2, -0.15) is 0 Å². The molecule has 3 aromatic rings. The maximum absolute atomic E-state index is 12.7. The summed E-state index contributed by atoms with van der Waals surface area (Å²) in [7, 11) is 3.28. The zero-order chi connectivity index (χ0) is 16.9. The minimum Gasteiger partial charge on any atom is -0.497 e. The summed E-state index contributed by atoms with van der Waals surface area (Å²) in [5.74, 6) is 1.57. The molecule has 0 N–H and O–H groups in total. The van der Waals surface area contributed by atoms with Crippen LogP contribution in [0.3, 0.4) is 0 Å². The lowest BCUT2D eigenvalue weighted by atomic mass is 10.2. The molecule has 2 aromatic heterocycles. The van der Waals surface area contributed by atoms with Crippen LogP contribution in [0.25, 0.3) is 10.2 Å². The first-order valence-corrected chi connectivity index (χ1v) is 9.32. The van der Waals surface area contributed by atoms with Gasteiger partial charge in [0.1, 0.15) is 10.4 Å². The van der Waals surface area contributed by atoms with Crippen molar-refractivity contribution in [2.75, 3.05) is 20.8 Å². The topological polar surface area (TPSA) is 53.4 Å². The van der Waals surface area contributed by atoms with Crippen molar-refractivity contribution in [2.24, 2.45) is 0 Å². The van der Waals surface area contributed by atoms with Crippen LogP contribution in [0.4, 0.5) is 0 Å². The number of methoxy groups -OCH3 is 2. The Morgan fingerprint density at radius 3 is 2.71 bits per heavy atom. The first-order chi connectivity index (χ1) is 11.7. The van der Waals surface area contributed by atoms with Crippen LogP contribution in [0.5, 0.6) is 5.75 Å². The minimum absolute atomic E-state index is 0.00396.